The van der Waals surface area contributed by atoms with E-state index in [2.05, 4.69) is 4.18 Å². The molecule has 2 atom stereocenters. The van der Waals surface area contributed by atoms with Gasteiger partial charge in [0, 0.05) is 12.1 Å². The van der Waals surface area contributed by atoms with Crippen LogP contribution >= 0.6 is 0 Å². The van der Waals surface area contributed by atoms with Gasteiger partial charge in [-0.25, -0.2) is 4.18 Å². The first kappa shape index (κ1) is 20.7. The molecule has 1 aliphatic rings. The summed E-state index contributed by atoms with van der Waals surface area (Å²) in [6.07, 6.45) is -3.09. The minimum Gasteiger partial charge on any atom is -0.507 e. The van der Waals surface area contributed by atoms with Crippen molar-refractivity contribution in [3.8, 4) is 28.7 Å². The van der Waals surface area contributed by atoms with Crippen molar-refractivity contribution in [1.82, 2.24) is 0 Å². The highest BCUT2D eigenvalue weighted by molar-refractivity contribution is 7.80. The summed E-state index contributed by atoms with van der Waals surface area (Å²) < 4.78 is 57.7. The molecule has 11 heteroatoms. The summed E-state index contributed by atoms with van der Waals surface area (Å²) in [5, 5.41) is 10.2. The number of fused-ring (bicyclic) bond motifs is 1. The predicted octanol–water partition coefficient (Wildman–Crippen LogP) is 1.92. The summed E-state index contributed by atoms with van der Waals surface area (Å²) in [5.41, 5.74) is 0.00814. The van der Waals surface area contributed by atoms with Crippen LogP contribution in [0, 0.1) is 0 Å². The number of Topliss-reactive ketones (excluding diaryl/α,β-unsaturated/α-hetero) is 1. The normalized spacial score (nSPS) is 18.6. The molecule has 0 bridgehead atoms. The van der Waals surface area contributed by atoms with Crippen molar-refractivity contribution < 1.29 is 46.0 Å². The second kappa shape index (κ2) is 7.78. The van der Waals surface area contributed by atoms with E-state index in [1.807, 2.05) is 0 Å². The number of hydrogen-bond acceptors (Lipinski definition) is 9. The first-order chi connectivity index (χ1) is 13.7. The van der Waals surface area contributed by atoms with E-state index in [-0.39, 0.29) is 17.1 Å². The number of methoxy groups -OCH3 is 3. The van der Waals surface area contributed by atoms with Crippen molar-refractivity contribution in [3.05, 3.63) is 41.5 Å². The molecule has 0 aliphatic carbocycles. The zero-order chi connectivity index (χ0) is 21.3. The zero-order valence-corrected chi connectivity index (χ0v) is 16.4. The van der Waals surface area contributed by atoms with Gasteiger partial charge >= 0.3 is 10.4 Å². The predicted molar refractivity (Wildman–Crippen MR) is 98.3 cm³/mol. The van der Waals surface area contributed by atoms with Gasteiger partial charge in [0.2, 0.25) is 5.78 Å². The largest absolute Gasteiger partial charge is 0.507 e. The van der Waals surface area contributed by atoms with Gasteiger partial charge in [0.05, 0.1) is 21.3 Å². The van der Waals surface area contributed by atoms with Gasteiger partial charge < -0.3 is 24.1 Å². The standard InChI is InChI=1S/C18H18O10S/c1-24-10-7-11(19)15-14(8-10)27-17(18(16(15)20)28-29(21,22)23)9-4-5-12(25-2)13(6-9)26-3/h4-8,17-19H,1-3H3,(H,21,22,23). The average Bonchev–Trinajstić information content (AvgIpc) is 2.67. The lowest BCUT2D eigenvalue weighted by molar-refractivity contribution is 0.0292. The monoisotopic (exact) mass is 426 g/mol. The number of benzene rings is 2. The van der Waals surface area contributed by atoms with Crippen LogP contribution in [0.2, 0.25) is 0 Å². The number of ether oxygens (including phenoxy) is 4. The topological polar surface area (TPSA) is 138 Å². The van der Waals surface area contributed by atoms with Gasteiger partial charge in [-0.05, 0) is 17.7 Å². The molecule has 2 unspecified atom stereocenters. The first-order valence-electron chi connectivity index (χ1n) is 8.18. The molecule has 2 N–H and O–H groups in total. The number of carbonyl (C=O) groups excluding carboxylic acids is 1. The van der Waals surface area contributed by atoms with E-state index in [1.54, 1.807) is 0 Å². The fraction of sp³-hybridized carbons (Fsp3) is 0.278. The van der Waals surface area contributed by atoms with Crippen LogP contribution < -0.4 is 18.9 Å². The molecule has 0 amide bonds. The Labute approximate surface area is 166 Å². The van der Waals surface area contributed by atoms with Crippen LogP contribution in [0.5, 0.6) is 28.7 Å². The number of hydrogen-bond donors (Lipinski definition) is 2. The molecular formula is C18H18O10S. The van der Waals surface area contributed by atoms with E-state index in [4.69, 9.17) is 23.5 Å². The Kier molecular flexibility index (Phi) is 5.55. The molecular weight excluding hydrogens is 408 g/mol. The third-order valence-corrected chi connectivity index (χ3v) is 4.74. The molecule has 0 fully saturated rings. The van der Waals surface area contributed by atoms with E-state index in [1.165, 1.54) is 51.7 Å². The van der Waals surface area contributed by atoms with Gasteiger partial charge in [0.25, 0.3) is 0 Å². The van der Waals surface area contributed by atoms with E-state index in [9.17, 15) is 18.3 Å². The van der Waals surface area contributed by atoms with Gasteiger partial charge in [0.15, 0.2) is 23.7 Å². The summed E-state index contributed by atoms with van der Waals surface area (Å²) in [6, 6.07) is 7.06. The van der Waals surface area contributed by atoms with Gasteiger partial charge in [-0.1, -0.05) is 6.07 Å². The molecule has 2 aromatic carbocycles. The number of phenolic OH excluding ortho intramolecular Hbond substituents is 1. The van der Waals surface area contributed by atoms with E-state index in [0.29, 0.717) is 17.1 Å². The SMILES string of the molecule is COc1cc(O)c2c(c1)OC(c1ccc(OC)c(OC)c1)C(OS(=O)(=O)O)C2=O. The van der Waals surface area contributed by atoms with Crippen molar-refractivity contribution in [1.29, 1.82) is 0 Å². The van der Waals surface area contributed by atoms with Crippen LogP contribution in [0.1, 0.15) is 22.0 Å². The maximum Gasteiger partial charge on any atom is 0.398 e. The fourth-order valence-corrected chi connectivity index (χ4v) is 3.46. The molecule has 0 radical (unpaired) electrons. The van der Waals surface area contributed by atoms with Gasteiger partial charge in [-0.2, -0.15) is 8.42 Å². The molecule has 0 saturated carbocycles. The lowest BCUT2D eigenvalue weighted by atomic mass is 9.92. The van der Waals surface area contributed by atoms with Crippen LogP contribution in [0.4, 0.5) is 0 Å². The average molecular weight is 426 g/mol. The van der Waals surface area contributed by atoms with E-state index >= 15 is 0 Å². The Hall–Kier alpha value is -3.02. The first-order valence-corrected chi connectivity index (χ1v) is 9.54. The summed E-state index contributed by atoms with van der Waals surface area (Å²) >= 11 is 0. The third kappa shape index (κ3) is 4.06. The number of aromatic hydroxyl groups is 1. The molecule has 29 heavy (non-hydrogen) atoms. The van der Waals surface area contributed by atoms with Crippen molar-refractivity contribution in [2.24, 2.45) is 0 Å². The summed E-state index contributed by atoms with van der Waals surface area (Å²) in [4.78, 5) is 12.9. The Balaban J connectivity index is 2.15. The third-order valence-electron chi connectivity index (χ3n) is 4.29. The maximum atomic E-state index is 12.9. The van der Waals surface area contributed by atoms with Crippen molar-refractivity contribution in [2.45, 2.75) is 12.2 Å². The van der Waals surface area contributed by atoms with Gasteiger partial charge in [0.1, 0.15) is 22.8 Å². The van der Waals surface area contributed by atoms with Crippen molar-refractivity contribution in [2.75, 3.05) is 21.3 Å². The summed E-state index contributed by atoms with van der Waals surface area (Å²) in [5.74, 6) is -0.518. The van der Waals surface area contributed by atoms with Crippen molar-refractivity contribution in [3.63, 3.8) is 0 Å². The number of carbonyl (C=O) groups is 1. The fourth-order valence-electron chi connectivity index (χ4n) is 3.01. The minimum atomic E-state index is -5.02. The smallest absolute Gasteiger partial charge is 0.398 e. The van der Waals surface area contributed by atoms with Crippen LogP contribution in [-0.4, -0.2) is 51.3 Å². The zero-order valence-electron chi connectivity index (χ0n) is 15.6. The molecule has 2 aromatic rings. The van der Waals surface area contributed by atoms with Gasteiger partial charge in [-0.3, -0.25) is 9.35 Å². The highest BCUT2D eigenvalue weighted by Gasteiger charge is 2.44. The maximum absolute atomic E-state index is 12.9. The number of phenols is 1. The Bertz CT molecular complexity index is 1050. The molecule has 0 saturated heterocycles. The van der Waals surface area contributed by atoms with Crippen LogP contribution in [0.15, 0.2) is 30.3 Å². The Morgan fingerprint density at radius 1 is 1.00 bits per heavy atom. The second-order valence-corrected chi connectivity index (χ2v) is 7.03. The highest BCUT2D eigenvalue weighted by Crippen LogP contribution is 2.44. The van der Waals surface area contributed by atoms with Crippen molar-refractivity contribution >= 4 is 16.2 Å². The van der Waals surface area contributed by atoms with Crippen LogP contribution in [0.25, 0.3) is 0 Å². The summed E-state index contributed by atoms with van der Waals surface area (Å²) in [6.45, 7) is 0. The van der Waals surface area contributed by atoms with E-state index in [0.717, 1.165) is 0 Å². The lowest BCUT2D eigenvalue weighted by Gasteiger charge is -2.32. The molecule has 0 aromatic heterocycles. The molecule has 3 rings (SSSR count). The van der Waals surface area contributed by atoms with Crippen LogP contribution in [0.3, 0.4) is 0 Å². The number of ketones is 1. The quantitative estimate of drug-likeness (QED) is 0.659. The van der Waals surface area contributed by atoms with Crippen LogP contribution in [-0.2, 0) is 14.6 Å². The van der Waals surface area contributed by atoms with Gasteiger partial charge in [-0.15, -0.1) is 0 Å². The molecule has 156 valence electrons. The highest BCUT2D eigenvalue weighted by atomic mass is 32.3. The molecule has 0 spiro atoms. The molecule has 1 heterocycles. The molecule has 1 aliphatic heterocycles. The second-order valence-electron chi connectivity index (χ2n) is 5.98. The number of rotatable bonds is 6. The molecule has 10 nitrogen and oxygen atoms in total. The minimum absolute atomic E-state index is 0.0400. The summed E-state index contributed by atoms with van der Waals surface area (Å²) in [7, 11) is -0.815. The Morgan fingerprint density at radius 3 is 2.28 bits per heavy atom. The lowest BCUT2D eigenvalue weighted by Crippen LogP contribution is -2.40. The Morgan fingerprint density at radius 2 is 1.69 bits per heavy atom. The van der Waals surface area contributed by atoms with E-state index < -0.39 is 34.1 Å².